The van der Waals surface area contributed by atoms with Crippen LogP contribution >= 0.6 is 23.2 Å². The summed E-state index contributed by atoms with van der Waals surface area (Å²) in [7, 11) is 0. The van der Waals surface area contributed by atoms with Gasteiger partial charge in [-0.1, -0.05) is 23.2 Å². The summed E-state index contributed by atoms with van der Waals surface area (Å²) in [5.41, 5.74) is 4.94. The molecular formula is C11H12Cl2N2O5. The number of pyridine rings is 1. The molecule has 0 fully saturated rings. The third kappa shape index (κ3) is 4.52. The largest absolute Gasteiger partial charge is 0.465 e. The summed E-state index contributed by atoms with van der Waals surface area (Å²) >= 11 is 11.8. The first-order valence-electron chi connectivity index (χ1n) is 5.40. The topological polar surface area (TPSA) is 112 Å². The summed E-state index contributed by atoms with van der Waals surface area (Å²) in [5, 5.41) is 10.0. The molecule has 0 aliphatic heterocycles. The van der Waals surface area contributed by atoms with E-state index in [1.807, 2.05) is 0 Å². The zero-order valence-electron chi connectivity index (χ0n) is 10.4. The molecule has 20 heavy (non-hydrogen) atoms. The molecule has 0 saturated carbocycles. The van der Waals surface area contributed by atoms with Crippen molar-refractivity contribution in [2.24, 2.45) is 5.73 Å². The summed E-state index contributed by atoms with van der Waals surface area (Å²) in [6.45, 7) is 0.877. The van der Waals surface area contributed by atoms with Crippen molar-refractivity contribution >= 4 is 35.3 Å². The molecule has 0 spiro atoms. The third-order valence-electron chi connectivity index (χ3n) is 2.27. The SMILES string of the molecule is CC(=O)OC[C@@H](c1nccc(Cl)c1Cl)C(O)OC(N)=O. The Bertz CT molecular complexity index is 512. The van der Waals surface area contributed by atoms with Crippen LogP contribution in [0.2, 0.25) is 10.0 Å². The van der Waals surface area contributed by atoms with Gasteiger partial charge in [-0.2, -0.15) is 0 Å². The standard InChI is InChI=1S/C11H12Cl2N2O5/c1-5(16)19-4-6(10(17)20-11(14)18)9-8(13)7(12)2-3-15-9/h2-3,6,10,17H,4H2,1H3,(H2,14,18)/t6-,10?/m0/s1. The zero-order valence-corrected chi connectivity index (χ0v) is 11.9. The summed E-state index contributed by atoms with van der Waals surface area (Å²) in [4.78, 5) is 25.5. The number of hydrogen-bond donors (Lipinski definition) is 2. The highest BCUT2D eigenvalue weighted by Gasteiger charge is 2.29. The van der Waals surface area contributed by atoms with Gasteiger partial charge in [-0.05, 0) is 6.07 Å². The fraction of sp³-hybridized carbons (Fsp3) is 0.364. The Hall–Kier alpha value is -1.57. The Labute approximate surface area is 124 Å². The Kier molecular flexibility index (Phi) is 6.00. The van der Waals surface area contributed by atoms with Crippen molar-refractivity contribution in [1.29, 1.82) is 0 Å². The van der Waals surface area contributed by atoms with Crippen molar-refractivity contribution in [3.8, 4) is 0 Å². The number of aliphatic hydroxyl groups is 1. The van der Waals surface area contributed by atoms with Gasteiger partial charge in [0.05, 0.1) is 21.7 Å². The van der Waals surface area contributed by atoms with Crippen molar-refractivity contribution in [1.82, 2.24) is 4.98 Å². The second kappa shape index (κ2) is 7.28. The molecule has 1 aromatic rings. The van der Waals surface area contributed by atoms with Gasteiger partial charge in [0.2, 0.25) is 6.29 Å². The maximum Gasteiger partial charge on any atom is 0.406 e. The number of halogens is 2. The molecule has 1 unspecified atom stereocenters. The van der Waals surface area contributed by atoms with Crippen LogP contribution in [0.5, 0.6) is 0 Å². The molecule has 0 saturated heterocycles. The first kappa shape index (κ1) is 16.5. The number of hydrogen-bond acceptors (Lipinski definition) is 6. The number of aromatic nitrogens is 1. The number of aliphatic hydroxyl groups excluding tert-OH is 1. The molecule has 1 aromatic heterocycles. The quantitative estimate of drug-likeness (QED) is 0.626. The van der Waals surface area contributed by atoms with Gasteiger partial charge in [-0.15, -0.1) is 0 Å². The molecule has 1 rings (SSSR count). The Morgan fingerprint density at radius 2 is 2.15 bits per heavy atom. The van der Waals surface area contributed by atoms with E-state index >= 15 is 0 Å². The second-order valence-corrected chi connectivity index (χ2v) is 4.51. The lowest BCUT2D eigenvalue weighted by Gasteiger charge is -2.22. The summed E-state index contributed by atoms with van der Waals surface area (Å²) < 4.78 is 9.24. The maximum absolute atomic E-state index is 10.9. The van der Waals surface area contributed by atoms with E-state index in [1.165, 1.54) is 19.2 Å². The molecule has 2 atom stereocenters. The molecule has 0 aliphatic carbocycles. The van der Waals surface area contributed by atoms with E-state index in [4.69, 9.17) is 33.7 Å². The lowest BCUT2D eigenvalue weighted by Crippen LogP contribution is -2.31. The van der Waals surface area contributed by atoms with Gasteiger partial charge in [-0.3, -0.25) is 9.78 Å². The number of ether oxygens (including phenoxy) is 2. The van der Waals surface area contributed by atoms with Gasteiger partial charge in [-0.25, -0.2) is 4.79 Å². The number of nitrogens with two attached hydrogens (primary N) is 1. The molecule has 7 nitrogen and oxygen atoms in total. The first-order chi connectivity index (χ1) is 9.32. The third-order valence-corrected chi connectivity index (χ3v) is 3.08. The number of amides is 1. The lowest BCUT2D eigenvalue weighted by molar-refractivity contribution is -0.145. The van der Waals surface area contributed by atoms with Gasteiger partial charge < -0.3 is 20.3 Å². The van der Waals surface area contributed by atoms with Gasteiger partial charge in [0.1, 0.15) is 6.61 Å². The molecule has 9 heteroatoms. The highest BCUT2D eigenvalue weighted by molar-refractivity contribution is 6.42. The minimum Gasteiger partial charge on any atom is -0.465 e. The molecule has 0 bridgehead atoms. The fourth-order valence-electron chi connectivity index (χ4n) is 1.40. The van der Waals surface area contributed by atoms with Gasteiger partial charge in [0.25, 0.3) is 0 Å². The van der Waals surface area contributed by atoms with Crippen molar-refractivity contribution < 1.29 is 24.2 Å². The summed E-state index contributed by atoms with van der Waals surface area (Å²) in [6, 6.07) is 1.44. The predicted octanol–water partition coefficient (Wildman–Crippen LogP) is 1.45. The fourth-order valence-corrected chi connectivity index (χ4v) is 1.80. The molecular weight excluding hydrogens is 311 g/mol. The van der Waals surface area contributed by atoms with Crippen LogP contribution < -0.4 is 5.73 Å². The highest BCUT2D eigenvalue weighted by atomic mass is 35.5. The second-order valence-electron chi connectivity index (χ2n) is 3.73. The van der Waals surface area contributed by atoms with Crippen molar-refractivity contribution in [2.45, 2.75) is 19.1 Å². The lowest BCUT2D eigenvalue weighted by atomic mass is 10.1. The van der Waals surface area contributed by atoms with Crippen molar-refractivity contribution in [3.63, 3.8) is 0 Å². The Morgan fingerprint density at radius 3 is 2.70 bits per heavy atom. The summed E-state index contributed by atoms with van der Waals surface area (Å²) in [5.74, 6) is -1.60. The molecule has 3 N–H and O–H groups in total. The summed E-state index contributed by atoms with van der Waals surface area (Å²) in [6.07, 6.45) is -1.53. The number of nitrogens with zero attached hydrogens (tertiary/aromatic N) is 1. The van der Waals surface area contributed by atoms with Crippen LogP contribution in [0.1, 0.15) is 18.5 Å². The van der Waals surface area contributed by atoms with Gasteiger partial charge >= 0.3 is 12.1 Å². The number of esters is 1. The number of carbonyl (C=O) groups excluding carboxylic acids is 2. The monoisotopic (exact) mass is 322 g/mol. The van der Waals surface area contributed by atoms with Gasteiger partial charge in [0, 0.05) is 13.1 Å². The van der Waals surface area contributed by atoms with Gasteiger partial charge in [0.15, 0.2) is 0 Å². The highest BCUT2D eigenvalue weighted by Crippen LogP contribution is 2.31. The van der Waals surface area contributed by atoms with Crippen molar-refractivity contribution in [3.05, 3.63) is 28.0 Å². The smallest absolute Gasteiger partial charge is 0.406 e. The van der Waals surface area contributed by atoms with E-state index in [9.17, 15) is 14.7 Å². The molecule has 0 radical (unpaired) electrons. The van der Waals surface area contributed by atoms with E-state index in [1.54, 1.807) is 0 Å². The van der Waals surface area contributed by atoms with Crippen LogP contribution in [0, 0.1) is 0 Å². The number of primary amides is 1. The van der Waals surface area contributed by atoms with E-state index in [0.29, 0.717) is 0 Å². The number of rotatable bonds is 5. The van der Waals surface area contributed by atoms with E-state index in [0.717, 1.165) is 0 Å². The predicted molar refractivity (Wildman–Crippen MR) is 70.3 cm³/mol. The van der Waals surface area contributed by atoms with Crippen LogP contribution in [0.3, 0.4) is 0 Å². The average Bonchev–Trinajstić information content (AvgIpc) is 2.33. The minimum absolute atomic E-state index is 0.0541. The average molecular weight is 323 g/mol. The zero-order chi connectivity index (χ0) is 15.3. The minimum atomic E-state index is -1.68. The van der Waals surface area contributed by atoms with Crippen LogP contribution in [0.15, 0.2) is 12.3 Å². The maximum atomic E-state index is 10.9. The number of carbonyl (C=O) groups is 2. The molecule has 1 heterocycles. The van der Waals surface area contributed by atoms with Crippen LogP contribution in [0.25, 0.3) is 0 Å². The molecule has 0 aliphatic rings. The van der Waals surface area contributed by atoms with Crippen LogP contribution in [0.4, 0.5) is 4.79 Å². The molecule has 1 amide bonds. The Balaban J connectivity index is 3.05. The normalized spacial score (nSPS) is 13.4. The first-order valence-corrected chi connectivity index (χ1v) is 6.16. The van der Waals surface area contributed by atoms with E-state index < -0.39 is 24.3 Å². The van der Waals surface area contributed by atoms with Crippen LogP contribution in [-0.2, 0) is 14.3 Å². The molecule has 0 aromatic carbocycles. The molecule has 110 valence electrons. The Morgan fingerprint density at radius 1 is 1.50 bits per heavy atom. The van der Waals surface area contributed by atoms with E-state index in [2.05, 4.69) is 9.72 Å². The van der Waals surface area contributed by atoms with E-state index in [-0.39, 0.29) is 22.3 Å². The van der Waals surface area contributed by atoms with Crippen molar-refractivity contribution in [2.75, 3.05) is 6.61 Å². The van der Waals surface area contributed by atoms with Crippen LogP contribution in [-0.4, -0.2) is 35.0 Å².